The average molecular weight is 491 g/mol. The van der Waals surface area contributed by atoms with E-state index >= 15 is 0 Å². The maximum Gasteiger partial charge on any atom is 0.156 e. The molecule has 0 saturated heterocycles. The zero-order valence-electron chi connectivity index (χ0n) is 16.7. The Morgan fingerprint density at radius 2 is 1.73 bits per heavy atom. The van der Waals surface area contributed by atoms with Gasteiger partial charge in [0.15, 0.2) is 5.75 Å². The molecule has 0 amide bonds. The van der Waals surface area contributed by atoms with E-state index in [-0.39, 0.29) is 17.2 Å². The number of ether oxygens (including phenoxy) is 2. The molecule has 0 heterocycles. The predicted octanol–water partition coefficient (Wildman–Crippen LogP) is 7.46. The highest BCUT2D eigenvalue weighted by Gasteiger charge is 2.11. The van der Waals surface area contributed by atoms with Gasteiger partial charge in [-0.25, -0.2) is 0 Å². The van der Waals surface area contributed by atoms with Crippen LogP contribution in [0.1, 0.15) is 31.4 Å². The molecule has 8 heteroatoms. The third-order valence-electron chi connectivity index (χ3n) is 4.09. The van der Waals surface area contributed by atoms with Gasteiger partial charge < -0.3 is 14.3 Å². The molecule has 0 saturated carbocycles. The van der Waals surface area contributed by atoms with E-state index < -0.39 is 0 Å². The molecule has 4 nitrogen and oxygen atoms in total. The summed E-state index contributed by atoms with van der Waals surface area (Å²) in [6.45, 7) is 4.67. The van der Waals surface area contributed by atoms with Crippen molar-refractivity contribution in [2.75, 3.05) is 13.2 Å². The molecule has 30 heavy (non-hydrogen) atoms. The molecular weight excluding hydrogens is 468 g/mol. The summed E-state index contributed by atoms with van der Waals surface area (Å²) in [4.78, 5) is 5.30. The van der Waals surface area contributed by atoms with Crippen molar-refractivity contribution < 1.29 is 14.3 Å². The zero-order valence-corrected chi connectivity index (χ0v) is 19.7. The highest BCUT2D eigenvalue weighted by Crippen LogP contribution is 2.37. The van der Waals surface area contributed by atoms with Gasteiger partial charge in [-0.1, -0.05) is 82.7 Å². The van der Waals surface area contributed by atoms with Crippen molar-refractivity contribution >= 4 is 52.6 Å². The summed E-state index contributed by atoms with van der Waals surface area (Å²) >= 11 is 23.7. The summed E-state index contributed by atoms with van der Waals surface area (Å²) in [6.07, 6.45) is 4.95. The van der Waals surface area contributed by atoms with Crippen LogP contribution in [-0.2, 0) is 11.3 Å². The summed E-state index contributed by atoms with van der Waals surface area (Å²) in [5, 5.41) is 4.73. The van der Waals surface area contributed by atoms with Crippen molar-refractivity contribution in [3.8, 4) is 11.5 Å². The first-order chi connectivity index (χ1) is 14.4. The number of rotatable bonds is 11. The Labute approximate surface area is 197 Å². The summed E-state index contributed by atoms with van der Waals surface area (Å²) in [5.74, 6) is 0.917. The first-order valence-corrected chi connectivity index (χ1v) is 10.9. The highest BCUT2D eigenvalue weighted by molar-refractivity contribution is 6.55. The Balaban J connectivity index is 1.86. The van der Waals surface area contributed by atoms with Crippen LogP contribution in [0.3, 0.4) is 0 Å². The first kappa shape index (κ1) is 24.7. The van der Waals surface area contributed by atoms with Gasteiger partial charge in [0.25, 0.3) is 0 Å². The summed E-state index contributed by atoms with van der Waals surface area (Å²) in [5.41, 5.74) is 2.09. The average Bonchev–Trinajstić information content (AvgIpc) is 2.70. The van der Waals surface area contributed by atoms with E-state index in [0.717, 1.165) is 17.5 Å². The Kier molecular flexibility index (Phi) is 10.7. The topological polar surface area (TPSA) is 40.0 Å². The normalized spacial score (nSPS) is 11.9. The molecule has 0 aliphatic rings. The molecule has 0 aromatic heterocycles. The van der Waals surface area contributed by atoms with Crippen LogP contribution in [0, 0.1) is 0 Å². The third kappa shape index (κ3) is 8.65. The minimum Gasteiger partial charge on any atom is -0.490 e. The van der Waals surface area contributed by atoms with Gasteiger partial charge in [-0.3, -0.25) is 0 Å². The van der Waals surface area contributed by atoms with Gasteiger partial charge >= 0.3 is 0 Å². The smallest absolute Gasteiger partial charge is 0.156 e. The van der Waals surface area contributed by atoms with Crippen molar-refractivity contribution in [3.05, 3.63) is 68.1 Å². The predicted molar refractivity (Wildman–Crippen MR) is 126 cm³/mol. The largest absolute Gasteiger partial charge is 0.490 e. The van der Waals surface area contributed by atoms with Crippen LogP contribution in [0.25, 0.3) is 0 Å². The zero-order chi connectivity index (χ0) is 21.9. The van der Waals surface area contributed by atoms with Crippen LogP contribution in [0.2, 0.25) is 10.0 Å². The standard InChI is InChI=1S/C22H23Cl4NO3/c1-3-15(2)30-27-14-17-6-4-16(5-7-17)8-10-29-22-19(23)12-18(13-20(22)24)28-11-9-21(25)26/h4-7,9,12-15H,3,8,10-11H2,1-2H3. The number of benzene rings is 2. The van der Waals surface area contributed by atoms with Gasteiger partial charge in [-0.05, 0) is 30.5 Å². The van der Waals surface area contributed by atoms with Crippen LogP contribution in [-0.4, -0.2) is 25.5 Å². The number of halogens is 4. The van der Waals surface area contributed by atoms with E-state index in [1.807, 2.05) is 31.2 Å². The fourth-order valence-corrected chi connectivity index (χ4v) is 2.97. The van der Waals surface area contributed by atoms with Crippen molar-refractivity contribution in [2.45, 2.75) is 32.8 Å². The summed E-state index contributed by atoms with van der Waals surface area (Å²) in [6, 6.07) is 11.3. The van der Waals surface area contributed by atoms with Crippen molar-refractivity contribution in [1.29, 1.82) is 0 Å². The molecule has 1 unspecified atom stereocenters. The number of nitrogens with zero attached hydrogens (tertiary/aromatic N) is 1. The highest BCUT2D eigenvalue weighted by atomic mass is 35.5. The van der Waals surface area contributed by atoms with Crippen LogP contribution >= 0.6 is 46.4 Å². The molecule has 2 aromatic rings. The van der Waals surface area contributed by atoms with Gasteiger partial charge in [0, 0.05) is 18.6 Å². The first-order valence-electron chi connectivity index (χ1n) is 9.43. The minimum absolute atomic E-state index is 0.109. The molecular formula is C22H23Cl4NO3. The number of hydrogen-bond donors (Lipinski definition) is 0. The fourth-order valence-electron chi connectivity index (χ4n) is 2.27. The van der Waals surface area contributed by atoms with E-state index in [0.29, 0.717) is 34.6 Å². The number of hydrogen-bond acceptors (Lipinski definition) is 4. The van der Waals surface area contributed by atoms with E-state index in [1.165, 1.54) is 6.08 Å². The lowest BCUT2D eigenvalue weighted by Crippen LogP contribution is -2.03. The molecule has 0 N–H and O–H groups in total. The molecule has 0 fully saturated rings. The maximum absolute atomic E-state index is 6.28. The lowest BCUT2D eigenvalue weighted by Gasteiger charge is -2.12. The fraction of sp³-hybridized carbons (Fsp3) is 0.318. The van der Waals surface area contributed by atoms with Crippen molar-refractivity contribution in [3.63, 3.8) is 0 Å². The van der Waals surface area contributed by atoms with E-state index in [9.17, 15) is 0 Å². The lowest BCUT2D eigenvalue weighted by atomic mass is 10.1. The Morgan fingerprint density at radius 1 is 1.07 bits per heavy atom. The lowest BCUT2D eigenvalue weighted by molar-refractivity contribution is 0.0712. The summed E-state index contributed by atoms with van der Waals surface area (Å²) < 4.78 is 11.4. The van der Waals surface area contributed by atoms with Gasteiger partial charge in [0.1, 0.15) is 23.0 Å². The van der Waals surface area contributed by atoms with Gasteiger partial charge in [0.2, 0.25) is 0 Å². The van der Waals surface area contributed by atoms with Crippen molar-refractivity contribution in [2.24, 2.45) is 5.16 Å². The van der Waals surface area contributed by atoms with Gasteiger partial charge in [-0.15, -0.1) is 0 Å². The quantitative estimate of drug-likeness (QED) is 0.242. The molecule has 0 bridgehead atoms. The van der Waals surface area contributed by atoms with E-state index in [2.05, 4.69) is 12.1 Å². The molecule has 0 aliphatic carbocycles. The maximum atomic E-state index is 6.28. The van der Waals surface area contributed by atoms with Crippen molar-refractivity contribution in [1.82, 2.24) is 0 Å². The molecule has 2 aromatic carbocycles. The molecule has 2 rings (SSSR count). The molecule has 1 atom stereocenters. The number of oxime groups is 1. The Hall–Kier alpha value is -1.59. The van der Waals surface area contributed by atoms with Crippen LogP contribution in [0.4, 0.5) is 0 Å². The molecule has 0 spiro atoms. The molecule has 162 valence electrons. The van der Waals surface area contributed by atoms with E-state index in [4.69, 9.17) is 60.7 Å². The second-order valence-electron chi connectivity index (χ2n) is 6.42. The molecule has 0 radical (unpaired) electrons. The SMILES string of the molecule is CCC(C)ON=Cc1ccc(CCOc2c(Cl)cc(OCC=C(Cl)Cl)cc2Cl)cc1. The van der Waals surface area contributed by atoms with Gasteiger partial charge in [0.05, 0.1) is 22.9 Å². The monoisotopic (exact) mass is 489 g/mol. The minimum atomic E-state index is 0.109. The third-order valence-corrected chi connectivity index (χ3v) is 4.96. The van der Waals surface area contributed by atoms with Crippen LogP contribution in [0.15, 0.2) is 52.1 Å². The van der Waals surface area contributed by atoms with Gasteiger partial charge in [-0.2, -0.15) is 0 Å². The Bertz CT molecular complexity index is 842. The summed E-state index contributed by atoms with van der Waals surface area (Å²) in [7, 11) is 0. The van der Waals surface area contributed by atoms with E-state index in [1.54, 1.807) is 18.3 Å². The Morgan fingerprint density at radius 3 is 2.33 bits per heavy atom. The second kappa shape index (κ2) is 13.0. The van der Waals surface area contributed by atoms with Crippen LogP contribution < -0.4 is 9.47 Å². The molecule has 0 aliphatic heterocycles. The second-order valence-corrected chi connectivity index (χ2v) is 8.24. The van der Waals surface area contributed by atoms with Crippen LogP contribution in [0.5, 0.6) is 11.5 Å².